The van der Waals surface area contributed by atoms with Crippen LogP contribution in [0, 0.1) is 0 Å². The van der Waals surface area contributed by atoms with Crippen molar-refractivity contribution in [3.63, 3.8) is 0 Å². The summed E-state index contributed by atoms with van der Waals surface area (Å²) in [5.74, 6) is 0.212. The molecule has 0 aromatic carbocycles. The maximum atomic E-state index is 10.9. The molecule has 1 aromatic heterocycles. The van der Waals surface area contributed by atoms with Gasteiger partial charge in [0.15, 0.2) is 0 Å². The first-order chi connectivity index (χ1) is 7.49. The van der Waals surface area contributed by atoms with Crippen LogP contribution in [0.1, 0.15) is 12.0 Å². The van der Waals surface area contributed by atoms with E-state index in [1.807, 2.05) is 6.07 Å². The molecule has 0 fully saturated rings. The Hall–Kier alpha value is -0.650. The van der Waals surface area contributed by atoms with E-state index in [-0.39, 0.29) is 5.75 Å². The van der Waals surface area contributed by atoms with Crippen molar-refractivity contribution >= 4 is 21.4 Å². The van der Waals surface area contributed by atoms with Crippen LogP contribution in [0.25, 0.3) is 0 Å². The summed E-state index contributed by atoms with van der Waals surface area (Å²) in [4.78, 5) is 3.88. The molecule has 0 saturated carbocycles. The first kappa shape index (κ1) is 13.4. The lowest BCUT2D eigenvalue weighted by Crippen LogP contribution is -2.18. The van der Waals surface area contributed by atoms with Crippen molar-refractivity contribution in [1.82, 2.24) is 10.3 Å². The predicted molar refractivity (Wildman–Crippen MR) is 65.3 cm³/mol. The Kier molecular flexibility index (Phi) is 5.18. The molecule has 0 saturated heterocycles. The monoisotopic (exact) mass is 262 g/mol. The molecular weight excluding hydrogens is 248 g/mol. The second-order valence-electron chi connectivity index (χ2n) is 3.63. The van der Waals surface area contributed by atoms with Crippen molar-refractivity contribution in [2.75, 3.05) is 18.6 Å². The van der Waals surface area contributed by atoms with Gasteiger partial charge in [-0.1, -0.05) is 11.6 Å². The van der Waals surface area contributed by atoms with Crippen LogP contribution in [0.5, 0.6) is 0 Å². The van der Waals surface area contributed by atoms with Gasteiger partial charge in [-0.05, 0) is 24.6 Å². The van der Waals surface area contributed by atoms with Gasteiger partial charge in [-0.2, -0.15) is 0 Å². The number of pyridine rings is 1. The van der Waals surface area contributed by atoms with Gasteiger partial charge in [-0.25, -0.2) is 8.42 Å². The van der Waals surface area contributed by atoms with Crippen LogP contribution >= 0.6 is 11.6 Å². The molecule has 0 aliphatic carbocycles. The molecule has 1 rings (SSSR count). The maximum absolute atomic E-state index is 10.9. The lowest BCUT2D eigenvalue weighted by molar-refractivity contribution is 0.594. The third-order valence-corrected chi connectivity index (χ3v) is 3.41. The summed E-state index contributed by atoms with van der Waals surface area (Å²) in [6.45, 7) is 1.29. The molecule has 0 spiro atoms. The topological polar surface area (TPSA) is 59.1 Å². The SMILES string of the molecule is CS(=O)(=O)CCCNCc1ccncc1Cl. The zero-order valence-corrected chi connectivity index (χ0v) is 10.7. The number of aromatic nitrogens is 1. The molecule has 0 aliphatic heterocycles. The van der Waals surface area contributed by atoms with Gasteiger partial charge < -0.3 is 5.32 Å². The fourth-order valence-electron chi connectivity index (χ4n) is 1.23. The summed E-state index contributed by atoms with van der Waals surface area (Å²) in [5, 5.41) is 3.76. The quantitative estimate of drug-likeness (QED) is 0.784. The Balaban J connectivity index is 2.24. The third kappa shape index (κ3) is 5.44. The molecule has 0 aliphatic rings. The van der Waals surface area contributed by atoms with Gasteiger partial charge in [0, 0.05) is 25.2 Å². The minimum atomic E-state index is -2.85. The fourth-order valence-corrected chi connectivity index (χ4v) is 2.08. The summed E-state index contributed by atoms with van der Waals surface area (Å²) in [7, 11) is -2.85. The van der Waals surface area contributed by atoms with Crippen LogP contribution < -0.4 is 5.32 Å². The second-order valence-corrected chi connectivity index (χ2v) is 6.29. The number of rotatable bonds is 6. The standard InChI is InChI=1S/C10H15ClN2O2S/c1-16(14,15)6-2-4-12-7-9-3-5-13-8-10(9)11/h3,5,8,12H,2,4,6-7H2,1H3. The summed E-state index contributed by atoms with van der Waals surface area (Å²) < 4.78 is 21.7. The number of nitrogens with zero attached hydrogens (tertiary/aromatic N) is 1. The lowest BCUT2D eigenvalue weighted by atomic mass is 10.2. The van der Waals surface area contributed by atoms with Crippen LogP contribution in [-0.4, -0.2) is 32.0 Å². The lowest BCUT2D eigenvalue weighted by Gasteiger charge is -2.05. The van der Waals surface area contributed by atoms with E-state index in [0.29, 0.717) is 24.5 Å². The van der Waals surface area contributed by atoms with Crippen molar-refractivity contribution in [3.05, 3.63) is 29.0 Å². The first-order valence-corrected chi connectivity index (χ1v) is 7.40. The number of halogens is 1. The molecule has 90 valence electrons. The second kappa shape index (κ2) is 6.18. The highest BCUT2D eigenvalue weighted by Crippen LogP contribution is 2.12. The van der Waals surface area contributed by atoms with E-state index in [1.165, 1.54) is 6.26 Å². The van der Waals surface area contributed by atoms with Crippen LogP contribution in [0.15, 0.2) is 18.5 Å². The third-order valence-electron chi connectivity index (χ3n) is 2.04. The Morgan fingerprint density at radius 2 is 2.25 bits per heavy atom. The Morgan fingerprint density at radius 3 is 2.88 bits per heavy atom. The van der Waals surface area contributed by atoms with Crippen molar-refractivity contribution in [2.45, 2.75) is 13.0 Å². The number of sulfone groups is 1. The molecule has 4 nitrogen and oxygen atoms in total. The molecule has 1 N–H and O–H groups in total. The minimum Gasteiger partial charge on any atom is -0.313 e. The fraction of sp³-hybridized carbons (Fsp3) is 0.500. The molecule has 0 amide bonds. The molecule has 0 radical (unpaired) electrons. The first-order valence-electron chi connectivity index (χ1n) is 4.96. The Labute approximate surface area is 101 Å². The van der Waals surface area contributed by atoms with E-state index >= 15 is 0 Å². The average molecular weight is 263 g/mol. The molecule has 16 heavy (non-hydrogen) atoms. The maximum Gasteiger partial charge on any atom is 0.147 e. The van der Waals surface area contributed by atoms with Gasteiger partial charge >= 0.3 is 0 Å². The van der Waals surface area contributed by atoms with E-state index in [4.69, 9.17) is 11.6 Å². The normalized spacial score (nSPS) is 11.6. The summed E-state index contributed by atoms with van der Waals surface area (Å²) in [6.07, 6.45) is 5.13. The molecule has 6 heteroatoms. The van der Waals surface area contributed by atoms with Crippen molar-refractivity contribution in [1.29, 1.82) is 0 Å². The smallest absolute Gasteiger partial charge is 0.147 e. The van der Waals surface area contributed by atoms with Crippen molar-refractivity contribution < 1.29 is 8.42 Å². The average Bonchev–Trinajstić information content (AvgIpc) is 2.18. The molecule has 0 atom stereocenters. The number of hydrogen-bond acceptors (Lipinski definition) is 4. The minimum absolute atomic E-state index is 0.212. The highest BCUT2D eigenvalue weighted by molar-refractivity contribution is 7.90. The molecule has 0 unspecified atom stereocenters. The predicted octanol–water partition coefficient (Wildman–Crippen LogP) is 1.26. The van der Waals surface area contributed by atoms with Crippen LogP contribution in [0.3, 0.4) is 0 Å². The zero-order chi connectivity index (χ0) is 12.0. The van der Waals surface area contributed by atoms with Gasteiger partial charge in [-0.3, -0.25) is 4.98 Å². The number of nitrogens with one attached hydrogen (secondary N) is 1. The number of hydrogen-bond donors (Lipinski definition) is 1. The zero-order valence-electron chi connectivity index (χ0n) is 9.11. The Bertz CT molecular complexity index is 434. The molecule has 1 aromatic rings. The van der Waals surface area contributed by atoms with Gasteiger partial charge in [0.2, 0.25) is 0 Å². The van der Waals surface area contributed by atoms with Crippen LogP contribution in [0.4, 0.5) is 0 Å². The summed E-state index contributed by atoms with van der Waals surface area (Å²) >= 11 is 5.91. The van der Waals surface area contributed by atoms with Crippen LogP contribution in [0.2, 0.25) is 5.02 Å². The van der Waals surface area contributed by atoms with E-state index < -0.39 is 9.84 Å². The van der Waals surface area contributed by atoms with Gasteiger partial charge in [0.1, 0.15) is 9.84 Å². The van der Waals surface area contributed by atoms with E-state index in [1.54, 1.807) is 12.4 Å². The molecule has 0 bridgehead atoms. The van der Waals surface area contributed by atoms with E-state index in [2.05, 4.69) is 10.3 Å². The molecular formula is C10H15ClN2O2S. The molecule has 1 heterocycles. The summed E-state index contributed by atoms with van der Waals surface area (Å²) in [6, 6.07) is 1.84. The van der Waals surface area contributed by atoms with Gasteiger partial charge in [0.05, 0.1) is 10.8 Å². The summed E-state index contributed by atoms with van der Waals surface area (Å²) in [5.41, 5.74) is 0.969. The van der Waals surface area contributed by atoms with Crippen molar-refractivity contribution in [3.8, 4) is 0 Å². The largest absolute Gasteiger partial charge is 0.313 e. The highest BCUT2D eigenvalue weighted by Gasteiger charge is 2.02. The Morgan fingerprint density at radius 1 is 1.50 bits per heavy atom. The van der Waals surface area contributed by atoms with Gasteiger partial charge in [0.25, 0.3) is 0 Å². The van der Waals surface area contributed by atoms with E-state index in [0.717, 1.165) is 5.56 Å². The highest BCUT2D eigenvalue weighted by atomic mass is 35.5. The van der Waals surface area contributed by atoms with Gasteiger partial charge in [-0.15, -0.1) is 0 Å². The van der Waals surface area contributed by atoms with Crippen LogP contribution in [-0.2, 0) is 16.4 Å². The van der Waals surface area contributed by atoms with Crippen molar-refractivity contribution in [2.24, 2.45) is 0 Å². The van der Waals surface area contributed by atoms with E-state index in [9.17, 15) is 8.42 Å².